The first kappa shape index (κ1) is 24.8. The predicted octanol–water partition coefficient (Wildman–Crippen LogP) is 2.24. The molecular formula is C25H36N4O4. The third-order valence-electron chi connectivity index (χ3n) is 5.90. The lowest BCUT2D eigenvalue weighted by molar-refractivity contribution is 0.126. The number of nitrogens with zero attached hydrogens (tertiary/aromatic N) is 2. The quantitative estimate of drug-likeness (QED) is 0.450. The van der Waals surface area contributed by atoms with Gasteiger partial charge in [0.05, 0.1) is 14.2 Å². The van der Waals surface area contributed by atoms with E-state index in [0.29, 0.717) is 23.6 Å². The van der Waals surface area contributed by atoms with E-state index in [4.69, 9.17) is 9.47 Å². The Morgan fingerprint density at radius 2 is 1.73 bits per heavy atom. The summed E-state index contributed by atoms with van der Waals surface area (Å²) in [6.07, 6.45) is -0.00812. The average molecular weight is 457 g/mol. The highest BCUT2D eigenvalue weighted by Gasteiger charge is 2.17. The van der Waals surface area contributed by atoms with Crippen molar-refractivity contribution in [3.8, 4) is 11.5 Å². The van der Waals surface area contributed by atoms with E-state index < -0.39 is 6.10 Å². The Hall–Kier alpha value is -2.81. The van der Waals surface area contributed by atoms with Crippen LogP contribution in [0.2, 0.25) is 0 Å². The molecule has 0 radical (unpaired) electrons. The number of benzene rings is 2. The number of urea groups is 1. The van der Waals surface area contributed by atoms with Crippen LogP contribution in [-0.2, 0) is 6.54 Å². The molecule has 3 N–H and O–H groups in total. The van der Waals surface area contributed by atoms with E-state index in [-0.39, 0.29) is 12.6 Å². The molecule has 1 aliphatic heterocycles. The van der Waals surface area contributed by atoms with Crippen molar-refractivity contribution >= 4 is 6.03 Å². The fourth-order valence-electron chi connectivity index (χ4n) is 3.98. The standard InChI is InChI=1S/C25H36N4O4/c1-32-21-9-10-24(33-2)22(17-21)23(30)18-27-25(31)26-11-6-12-28-13-15-29(16-14-28)19-20-7-4-3-5-8-20/h3-5,7-10,17,23,30H,6,11-16,18-19H2,1-2H3,(H2,26,27,31). The van der Waals surface area contributed by atoms with Crippen LogP contribution < -0.4 is 20.1 Å². The van der Waals surface area contributed by atoms with Crippen LogP contribution in [0, 0.1) is 0 Å². The van der Waals surface area contributed by atoms with E-state index in [1.165, 1.54) is 5.56 Å². The average Bonchev–Trinajstić information content (AvgIpc) is 2.86. The summed E-state index contributed by atoms with van der Waals surface area (Å²) in [6, 6.07) is 15.5. The highest BCUT2D eigenvalue weighted by Crippen LogP contribution is 2.29. The smallest absolute Gasteiger partial charge is 0.314 e. The van der Waals surface area contributed by atoms with Crippen molar-refractivity contribution in [3.63, 3.8) is 0 Å². The number of hydrogen-bond acceptors (Lipinski definition) is 6. The Bertz CT molecular complexity index is 857. The van der Waals surface area contributed by atoms with Crippen molar-refractivity contribution in [2.45, 2.75) is 19.1 Å². The number of piperazine rings is 1. The molecule has 1 atom stereocenters. The summed E-state index contributed by atoms with van der Waals surface area (Å²) in [6.45, 7) is 6.87. The zero-order valence-corrected chi connectivity index (χ0v) is 19.6. The zero-order valence-electron chi connectivity index (χ0n) is 19.6. The highest BCUT2D eigenvalue weighted by molar-refractivity contribution is 5.73. The van der Waals surface area contributed by atoms with Crippen LogP contribution in [-0.4, -0.2) is 81.0 Å². The van der Waals surface area contributed by atoms with Gasteiger partial charge in [0.15, 0.2) is 0 Å². The Kier molecular flexibility index (Phi) is 9.80. The maximum Gasteiger partial charge on any atom is 0.314 e. The van der Waals surface area contributed by atoms with Crippen LogP contribution >= 0.6 is 0 Å². The van der Waals surface area contributed by atoms with Crippen LogP contribution in [0.5, 0.6) is 11.5 Å². The number of aliphatic hydroxyl groups excluding tert-OH is 1. The number of nitrogens with one attached hydrogen (secondary N) is 2. The van der Waals surface area contributed by atoms with Crippen molar-refractivity contribution in [3.05, 3.63) is 59.7 Å². The topological polar surface area (TPSA) is 86.3 Å². The van der Waals surface area contributed by atoms with Crippen molar-refractivity contribution in [1.82, 2.24) is 20.4 Å². The van der Waals surface area contributed by atoms with Gasteiger partial charge in [-0.15, -0.1) is 0 Å². The van der Waals surface area contributed by atoms with Gasteiger partial charge in [0.25, 0.3) is 0 Å². The normalized spacial score (nSPS) is 15.6. The molecule has 0 bridgehead atoms. The van der Waals surface area contributed by atoms with E-state index in [1.807, 2.05) is 0 Å². The molecule has 0 aliphatic carbocycles. The van der Waals surface area contributed by atoms with Crippen LogP contribution in [0.4, 0.5) is 4.79 Å². The number of carbonyl (C=O) groups excluding carboxylic acids is 1. The molecule has 1 saturated heterocycles. The van der Waals surface area contributed by atoms with E-state index in [0.717, 1.165) is 45.7 Å². The summed E-state index contributed by atoms with van der Waals surface area (Å²) < 4.78 is 10.5. The summed E-state index contributed by atoms with van der Waals surface area (Å²) >= 11 is 0. The maximum absolute atomic E-state index is 12.1. The van der Waals surface area contributed by atoms with Gasteiger partial charge in [-0.2, -0.15) is 0 Å². The molecule has 8 heteroatoms. The molecule has 1 fully saturated rings. The molecule has 1 unspecified atom stereocenters. The van der Waals surface area contributed by atoms with Crippen molar-refractivity contribution in [2.24, 2.45) is 0 Å². The number of hydrogen-bond donors (Lipinski definition) is 3. The van der Waals surface area contributed by atoms with Gasteiger partial charge in [-0.25, -0.2) is 4.79 Å². The largest absolute Gasteiger partial charge is 0.497 e. The molecule has 3 rings (SSSR count). The molecule has 33 heavy (non-hydrogen) atoms. The fourth-order valence-corrected chi connectivity index (χ4v) is 3.98. The van der Waals surface area contributed by atoms with Gasteiger partial charge in [0.1, 0.15) is 17.6 Å². The number of carbonyl (C=O) groups is 1. The summed E-state index contributed by atoms with van der Waals surface area (Å²) in [4.78, 5) is 17.0. The number of rotatable bonds is 11. The lowest BCUT2D eigenvalue weighted by Gasteiger charge is -2.34. The van der Waals surface area contributed by atoms with E-state index >= 15 is 0 Å². The van der Waals surface area contributed by atoms with Gasteiger partial charge in [-0.1, -0.05) is 30.3 Å². The second kappa shape index (κ2) is 13.0. The summed E-state index contributed by atoms with van der Waals surface area (Å²) in [5, 5.41) is 16.1. The third kappa shape index (κ3) is 7.92. The second-order valence-corrected chi connectivity index (χ2v) is 8.22. The molecule has 0 saturated carbocycles. The lowest BCUT2D eigenvalue weighted by Crippen LogP contribution is -2.46. The predicted molar refractivity (Wildman–Crippen MR) is 129 cm³/mol. The van der Waals surface area contributed by atoms with Crippen LogP contribution in [0.25, 0.3) is 0 Å². The summed E-state index contributed by atoms with van der Waals surface area (Å²) in [5.41, 5.74) is 1.93. The Balaban J connectivity index is 1.29. The molecule has 1 aliphatic rings. The molecule has 0 aromatic heterocycles. The third-order valence-corrected chi connectivity index (χ3v) is 5.90. The Morgan fingerprint density at radius 3 is 2.42 bits per heavy atom. The number of ether oxygens (including phenoxy) is 2. The van der Waals surface area contributed by atoms with Crippen LogP contribution in [0.1, 0.15) is 23.7 Å². The molecule has 0 spiro atoms. The Morgan fingerprint density at radius 1 is 1.00 bits per heavy atom. The van der Waals surface area contributed by atoms with Gasteiger partial charge >= 0.3 is 6.03 Å². The number of aliphatic hydroxyl groups is 1. The van der Waals surface area contributed by atoms with Crippen molar-refractivity contribution in [1.29, 1.82) is 0 Å². The summed E-state index contributed by atoms with van der Waals surface area (Å²) in [5.74, 6) is 1.17. The van der Waals surface area contributed by atoms with Crippen molar-refractivity contribution in [2.75, 3.05) is 60.0 Å². The van der Waals surface area contributed by atoms with E-state index in [1.54, 1.807) is 32.4 Å². The molecule has 180 valence electrons. The first-order chi connectivity index (χ1) is 16.1. The monoisotopic (exact) mass is 456 g/mol. The van der Waals surface area contributed by atoms with Crippen LogP contribution in [0.15, 0.2) is 48.5 Å². The molecule has 1 heterocycles. The van der Waals surface area contributed by atoms with Crippen molar-refractivity contribution < 1.29 is 19.4 Å². The Labute approximate surface area is 196 Å². The molecule has 2 aromatic rings. The SMILES string of the molecule is COc1ccc(OC)c(C(O)CNC(=O)NCCCN2CCN(Cc3ccccc3)CC2)c1. The van der Waals surface area contributed by atoms with Gasteiger partial charge in [-0.05, 0) is 36.7 Å². The highest BCUT2D eigenvalue weighted by atomic mass is 16.5. The van der Waals surface area contributed by atoms with Gasteiger partial charge in [-0.3, -0.25) is 4.90 Å². The zero-order chi connectivity index (χ0) is 23.5. The van der Waals surface area contributed by atoms with Gasteiger partial charge in [0.2, 0.25) is 0 Å². The number of methoxy groups -OCH3 is 2. The van der Waals surface area contributed by atoms with Gasteiger partial charge < -0.3 is 30.1 Å². The minimum atomic E-state index is -0.895. The first-order valence-electron chi connectivity index (χ1n) is 11.5. The number of amides is 2. The second-order valence-electron chi connectivity index (χ2n) is 8.22. The minimum Gasteiger partial charge on any atom is -0.497 e. The molecule has 8 nitrogen and oxygen atoms in total. The molecule has 2 amide bonds. The summed E-state index contributed by atoms with van der Waals surface area (Å²) in [7, 11) is 3.11. The van der Waals surface area contributed by atoms with E-state index in [2.05, 4.69) is 50.8 Å². The maximum atomic E-state index is 12.1. The molecule has 2 aromatic carbocycles. The fraction of sp³-hybridized carbons (Fsp3) is 0.480. The lowest BCUT2D eigenvalue weighted by atomic mass is 10.1. The van der Waals surface area contributed by atoms with Crippen LogP contribution in [0.3, 0.4) is 0 Å². The van der Waals surface area contributed by atoms with Gasteiger partial charge in [0, 0.05) is 51.4 Å². The minimum absolute atomic E-state index is 0.0821. The van der Waals surface area contributed by atoms with E-state index in [9.17, 15) is 9.90 Å². The molecular weight excluding hydrogens is 420 g/mol. The first-order valence-corrected chi connectivity index (χ1v) is 11.5.